The molecule has 1 heterocycles. The highest BCUT2D eigenvalue weighted by Gasteiger charge is 2.43. The lowest BCUT2D eigenvalue weighted by atomic mass is 9.70. The number of ether oxygens (including phenoxy) is 2. The van der Waals surface area contributed by atoms with Gasteiger partial charge in [0.2, 0.25) is 0 Å². The molecule has 14 heteroatoms. The fraction of sp³-hybridized carbons (Fsp3) is 0.405. The molecule has 0 bridgehead atoms. The maximum Gasteiger partial charge on any atom is 0.509 e. The summed E-state index contributed by atoms with van der Waals surface area (Å²) in [5.74, 6) is -11.5. The molecule has 0 aliphatic rings. The Morgan fingerprint density at radius 3 is 1.96 bits per heavy atom. The van der Waals surface area contributed by atoms with Crippen LogP contribution in [-0.4, -0.2) is 67.9 Å². The Bertz CT molecular complexity index is 1740. The topological polar surface area (TPSA) is 202 Å². The van der Waals surface area contributed by atoms with Crippen molar-refractivity contribution in [3.8, 4) is 10.4 Å². The second-order valence-electron chi connectivity index (χ2n) is 13.2. The van der Waals surface area contributed by atoms with E-state index in [4.69, 9.17) is 9.47 Å². The minimum Gasteiger partial charge on any atom is -0.481 e. The van der Waals surface area contributed by atoms with Gasteiger partial charge in [0.1, 0.15) is 17.5 Å². The smallest absolute Gasteiger partial charge is 0.481 e. The third-order valence-electron chi connectivity index (χ3n) is 8.16. The number of Topliss-reactive ketones (excluding diaryl/α,β-unsaturated/α-hetero) is 1. The van der Waals surface area contributed by atoms with E-state index in [0.717, 1.165) is 20.9 Å². The summed E-state index contributed by atoms with van der Waals surface area (Å²) in [5, 5.41) is 39.1. The van der Waals surface area contributed by atoms with E-state index in [1.54, 1.807) is 24.3 Å². The zero-order valence-electron chi connectivity index (χ0n) is 28.6. The van der Waals surface area contributed by atoms with Crippen LogP contribution in [0.3, 0.4) is 0 Å². The average Bonchev–Trinajstić information content (AvgIpc) is 3.48. The predicted molar refractivity (Wildman–Crippen MR) is 183 cm³/mol. The number of thiophene rings is 1. The van der Waals surface area contributed by atoms with Crippen molar-refractivity contribution in [3.05, 3.63) is 82.0 Å². The molecule has 4 atom stereocenters. The molecule has 274 valence electrons. The number of rotatable bonds is 18. The Kier molecular flexibility index (Phi) is 14.0. The number of carboxylic acids is 4. The summed E-state index contributed by atoms with van der Waals surface area (Å²) in [6.07, 6.45) is -6.19. The lowest BCUT2D eigenvalue weighted by Crippen LogP contribution is -2.42. The van der Waals surface area contributed by atoms with Gasteiger partial charge in [-0.1, -0.05) is 24.3 Å². The van der Waals surface area contributed by atoms with E-state index >= 15 is 0 Å². The molecule has 51 heavy (non-hydrogen) atoms. The standard InChI is InChI=1S/C37H41FO12S/c1-20-5-6-22(15-23(20)16-25-11-13-30(51-25)21-7-9-24(38)10-8-21)35(47)28(19-34(45)46)26(17-32(41)42)27(18-33(43)44)29(12-14-31(39)40)49-36(48)50-37(2,3)4/h5-11,13,15,26-29H,12,14,16-19H2,1-4H3,(H,39,40)(H,41,42)(H,43,44)(H,45,46). The fourth-order valence-corrected chi connectivity index (χ4v) is 6.90. The van der Waals surface area contributed by atoms with Crippen molar-refractivity contribution in [1.82, 2.24) is 0 Å². The Balaban J connectivity index is 2.06. The monoisotopic (exact) mass is 728 g/mol. The summed E-state index contributed by atoms with van der Waals surface area (Å²) in [4.78, 5) is 76.9. The SMILES string of the molecule is Cc1ccc(C(=O)C(CC(=O)O)C(CC(=O)O)C(CC(=O)O)C(CCC(=O)O)OC(=O)OC(C)(C)C)cc1Cc1ccc(-c2ccc(F)cc2)s1. The summed E-state index contributed by atoms with van der Waals surface area (Å²) in [5.41, 5.74) is 1.34. The molecule has 2 aromatic carbocycles. The first-order valence-electron chi connectivity index (χ1n) is 16.1. The molecular weight excluding hydrogens is 687 g/mol. The number of ketones is 1. The Hall–Kier alpha value is -5.11. The van der Waals surface area contributed by atoms with Gasteiger partial charge in [0.15, 0.2) is 5.78 Å². The molecule has 0 aliphatic heterocycles. The summed E-state index contributed by atoms with van der Waals surface area (Å²) >= 11 is 1.46. The van der Waals surface area contributed by atoms with Gasteiger partial charge in [0.25, 0.3) is 0 Å². The number of carbonyl (C=O) groups excluding carboxylic acids is 2. The second-order valence-corrected chi connectivity index (χ2v) is 14.4. The third kappa shape index (κ3) is 12.6. The molecular formula is C37H41FO12S. The van der Waals surface area contributed by atoms with Crippen molar-refractivity contribution in [2.45, 2.75) is 77.9 Å². The number of hydrogen-bond acceptors (Lipinski definition) is 9. The first-order chi connectivity index (χ1) is 23.8. The van der Waals surface area contributed by atoms with Crippen LogP contribution in [0.1, 0.15) is 79.2 Å². The van der Waals surface area contributed by atoms with E-state index in [2.05, 4.69) is 0 Å². The van der Waals surface area contributed by atoms with Gasteiger partial charge in [0, 0.05) is 46.4 Å². The van der Waals surface area contributed by atoms with Crippen LogP contribution < -0.4 is 0 Å². The summed E-state index contributed by atoms with van der Waals surface area (Å²) < 4.78 is 24.0. The van der Waals surface area contributed by atoms with Gasteiger partial charge < -0.3 is 29.9 Å². The quantitative estimate of drug-likeness (QED) is 0.0766. The molecule has 4 unspecified atom stereocenters. The molecule has 0 spiro atoms. The van der Waals surface area contributed by atoms with E-state index in [9.17, 15) is 53.6 Å². The largest absolute Gasteiger partial charge is 0.509 e. The Morgan fingerprint density at radius 1 is 0.784 bits per heavy atom. The van der Waals surface area contributed by atoms with Gasteiger partial charge in [-0.05, 0) is 87.1 Å². The molecule has 0 amide bonds. The van der Waals surface area contributed by atoms with Gasteiger partial charge in [-0.25, -0.2) is 9.18 Å². The number of hydrogen-bond donors (Lipinski definition) is 4. The van der Waals surface area contributed by atoms with E-state index in [0.29, 0.717) is 12.0 Å². The summed E-state index contributed by atoms with van der Waals surface area (Å²) in [6.45, 7) is 6.42. The van der Waals surface area contributed by atoms with Crippen molar-refractivity contribution >= 4 is 47.2 Å². The minimum absolute atomic E-state index is 0.0526. The summed E-state index contributed by atoms with van der Waals surface area (Å²) in [7, 11) is 0. The molecule has 0 aliphatic carbocycles. The van der Waals surface area contributed by atoms with Crippen LogP contribution in [-0.2, 0) is 35.1 Å². The number of aliphatic carboxylic acids is 4. The highest BCUT2D eigenvalue weighted by Crippen LogP contribution is 2.38. The van der Waals surface area contributed by atoms with E-state index in [-0.39, 0.29) is 11.4 Å². The van der Waals surface area contributed by atoms with Crippen molar-refractivity contribution in [2.75, 3.05) is 0 Å². The Morgan fingerprint density at radius 2 is 1.39 bits per heavy atom. The molecule has 0 saturated carbocycles. The average molecular weight is 729 g/mol. The zero-order valence-corrected chi connectivity index (χ0v) is 29.4. The molecule has 3 rings (SSSR count). The zero-order chi connectivity index (χ0) is 38.0. The maximum atomic E-state index is 14.3. The van der Waals surface area contributed by atoms with Crippen molar-refractivity contribution in [2.24, 2.45) is 17.8 Å². The first kappa shape index (κ1) is 40.3. The molecule has 0 radical (unpaired) electrons. The van der Waals surface area contributed by atoms with E-state index < -0.39 is 97.4 Å². The molecule has 1 aromatic heterocycles. The maximum absolute atomic E-state index is 14.3. The lowest BCUT2D eigenvalue weighted by molar-refractivity contribution is -0.146. The highest BCUT2D eigenvalue weighted by molar-refractivity contribution is 7.15. The molecule has 4 N–H and O–H groups in total. The van der Waals surface area contributed by atoms with Crippen LogP contribution in [0.25, 0.3) is 10.4 Å². The van der Waals surface area contributed by atoms with E-state index in [1.165, 1.54) is 50.3 Å². The molecule has 3 aromatic rings. The fourth-order valence-electron chi connectivity index (χ4n) is 5.86. The number of halogens is 1. The van der Waals surface area contributed by atoms with Gasteiger partial charge in [-0.15, -0.1) is 11.3 Å². The normalized spacial score (nSPS) is 13.7. The number of aryl methyl sites for hydroxylation is 1. The van der Waals surface area contributed by atoms with Crippen LogP contribution in [0.5, 0.6) is 0 Å². The summed E-state index contributed by atoms with van der Waals surface area (Å²) in [6, 6.07) is 14.5. The van der Waals surface area contributed by atoms with Gasteiger partial charge in [-0.3, -0.25) is 24.0 Å². The molecule has 0 fully saturated rings. The number of carboxylic acid groups (broad SMARTS) is 4. The van der Waals surface area contributed by atoms with Crippen LogP contribution in [0, 0.1) is 30.5 Å². The van der Waals surface area contributed by atoms with Crippen LogP contribution in [0.4, 0.5) is 9.18 Å². The predicted octanol–water partition coefficient (Wildman–Crippen LogP) is 7.09. The van der Waals surface area contributed by atoms with Crippen molar-refractivity contribution in [3.63, 3.8) is 0 Å². The van der Waals surface area contributed by atoms with Gasteiger partial charge in [0.05, 0.1) is 12.8 Å². The molecule has 0 saturated heterocycles. The minimum atomic E-state index is -1.61. The van der Waals surface area contributed by atoms with Crippen LogP contribution in [0.2, 0.25) is 0 Å². The van der Waals surface area contributed by atoms with Crippen LogP contribution in [0.15, 0.2) is 54.6 Å². The second kappa shape index (κ2) is 17.7. The Labute approximate surface area is 297 Å². The van der Waals surface area contributed by atoms with Gasteiger partial charge >= 0.3 is 30.0 Å². The number of benzene rings is 2. The molecule has 12 nitrogen and oxygen atoms in total. The van der Waals surface area contributed by atoms with Crippen molar-refractivity contribution < 1.29 is 63.1 Å². The van der Waals surface area contributed by atoms with E-state index in [1.807, 2.05) is 19.1 Å². The van der Waals surface area contributed by atoms with Crippen molar-refractivity contribution in [1.29, 1.82) is 0 Å². The number of carbonyl (C=O) groups is 6. The first-order valence-corrected chi connectivity index (χ1v) is 16.9. The van der Waals surface area contributed by atoms with Crippen LogP contribution >= 0.6 is 11.3 Å². The third-order valence-corrected chi connectivity index (χ3v) is 9.30. The lowest BCUT2D eigenvalue weighted by Gasteiger charge is -2.36. The highest BCUT2D eigenvalue weighted by atomic mass is 32.1. The van der Waals surface area contributed by atoms with Gasteiger partial charge in [-0.2, -0.15) is 0 Å².